The highest BCUT2D eigenvalue weighted by molar-refractivity contribution is 7.92. The lowest BCUT2D eigenvalue weighted by Crippen LogP contribution is -2.38. The third-order valence-corrected chi connectivity index (χ3v) is 5.48. The Balaban J connectivity index is 2.41. The Kier molecular flexibility index (Phi) is 5.99. The van der Waals surface area contributed by atoms with Gasteiger partial charge in [0.15, 0.2) is 0 Å². The molecule has 2 aromatic rings. The first-order valence-corrected chi connectivity index (χ1v) is 9.45. The number of carbonyl (C=O) groups is 2. The van der Waals surface area contributed by atoms with Gasteiger partial charge in [-0.2, -0.15) is 0 Å². The van der Waals surface area contributed by atoms with Crippen LogP contribution in [0.4, 0.5) is 11.4 Å². The highest BCUT2D eigenvalue weighted by atomic mass is 32.2. The molecule has 8 heteroatoms. The predicted octanol–water partition coefficient (Wildman–Crippen LogP) is 1.89. The van der Waals surface area contributed by atoms with Gasteiger partial charge < -0.3 is 11.1 Å². The van der Waals surface area contributed by atoms with Crippen LogP contribution in [0.5, 0.6) is 0 Å². The number of nitrogens with zero attached hydrogens (tertiary/aromatic N) is 1. The fourth-order valence-corrected chi connectivity index (χ4v) is 3.83. The molecule has 0 unspecified atom stereocenters. The minimum Gasteiger partial charge on any atom is -0.368 e. The quantitative estimate of drug-likeness (QED) is 0.770. The standard InChI is InChI=1S/C18H21N3O4S/c1-3-14-4-8-16(9-5-14)21(12-18(19)23)26(24,25)17-10-6-15(7-11-17)20-13(2)22/h4-11H,3,12H2,1-2H3,(H2,19,23)(H,20,22). The Hall–Kier alpha value is -2.87. The number of anilines is 2. The second-order valence-corrected chi connectivity index (χ2v) is 7.57. The summed E-state index contributed by atoms with van der Waals surface area (Å²) in [6.45, 7) is 2.88. The lowest BCUT2D eigenvalue weighted by atomic mass is 10.1. The number of hydrogen-bond acceptors (Lipinski definition) is 4. The number of carbonyl (C=O) groups excluding carboxylic acids is 2. The molecule has 0 aliphatic carbocycles. The van der Waals surface area contributed by atoms with Crippen molar-refractivity contribution in [1.29, 1.82) is 0 Å². The van der Waals surface area contributed by atoms with E-state index in [1.165, 1.54) is 31.2 Å². The van der Waals surface area contributed by atoms with Crippen LogP contribution in [0.25, 0.3) is 0 Å². The van der Waals surface area contributed by atoms with Crippen molar-refractivity contribution >= 4 is 33.2 Å². The van der Waals surface area contributed by atoms with Gasteiger partial charge in [0.25, 0.3) is 10.0 Å². The average molecular weight is 375 g/mol. The Morgan fingerprint density at radius 1 is 1.04 bits per heavy atom. The molecular formula is C18H21N3O4S. The van der Waals surface area contributed by atoms with Gasteiger partial charge in [-0.25, -0.2) is 8.42 Å². The van der Waals surface area contributed by atoms with Gasteiger partial charge in [0.05, 0.1) is 10.6 Å². The van der Waals surface area contributed by atoms with Crippen molar-refractivity contribution in [2.75, 3.05) is 16.2 Å². The van der Waals surface area contributed by atoms with E-state index in [4.69, 9.17) is 5.73 Å². The molecule has 0 saturated carbocycles. The largest absolute Gasteiger partial charge is 0.368 e. The van der Waals surface area contributed by atoms with Crippen molar-refractivity contribution in [3.05, 3.63) is 54.1 Å². The van der Waals surface area contributed by atoms with Crippen LogP contribution in [-0.4, -0.2) is 26.8 Å². The molecule has 26 heavy (non-hydrogen) atoms. The van der Waals surface area contributed by atoms with E-state index in [2.05, 4.69) is 5.32 Å². The zero-order valence-corrected chi connectivity index (χ0v) is 15.4. The van der Waals surface area contributed by atoms with Crippen LogP contribution in [0.3, 0.4) is 0 Å². The van der Waals surface area contributed by atoms with E-state index in [1.54, 1.807) is 24.3 Å². The van der Waals surface area contributed by atoms with Gasteiger partial charge in [-0.1, -0.05) is 19.1 Å². The fraction of sp³-hybridized carbons (Fsp3) is 0.222. The molecule has 0 aromatic heterocycles. The smallest absolute Gasteiger partial charge is 0.264 e. The van der Waals surface area contributed by atoms with Crippen LogP contribution in [-0.2, 0) is 26.0 Å². The summed E-state index contributed by atoms with van der Waals surface area (Å²) in [5.74, 6) is -1.02. The minimum absolute atomic E-state index is 0.00702. The zero-order chi connectivity index (χ0) is 19.3. The van der Waals surface area contributed by atoms with E-state index in [9.17, 15) is 18.0 Å². The van der Waals surface area contributed by atoms with Gasteiger partial charge in [0.1, 0.15) is 6.54 Å². The number of hydrogen-bond donors (Lipinski definition) is 2. The highest BCUT2D eigenvalue weighted by Gasteiger charge is 2.26. The van der Waals surface area contributed by atoms with Crippen LogP contribution in [0.2, 0.25) is 0 Å². The molecule has 0 heterocycles. The van der Waals surface area contributed by atoms with Crippen LogP contribution < -0.4 is 15.4 Å². The molecule has 0 saturated heterocycles. The molecular weight excluding hydrogens is 354 g/mol. The van der Waals surface area contributed by atoms with Crippen molar-refractivity contribution < 1.29 is 18.0 Å². The molecule has 0 atom stereocenters. The third kappa shape index (κ3) is 4.60. The first kappa shape index (κ1) is 19.5. The summed E-state index contributed by atoms with van der Waals surface area (Å²) >= 11 is 0. The van der Waals surface area contributed by atoms with Crippen molar-refractivity contribution in [2.24, 2.45) is 5.73 Å². The molecule has 2 rings (SSSR count). The van der Waals surface area contributed by atoms with Crippen molar-refractivity contribution in [3.8, 4) is 0 Å². The summed E-state index contributed by atoms with van der Waals surface area (Å²) in [6, 6.07) is 12.6. The average Bonchev–Trinajstić information content (AvgIpc) is 2.59. The molecule has 138 valence electrons. The predicted molar refractivity (Wildman–Crippen MR) is 100 cm³/mol. The van der Waals surface area contributed by atoms with Crippen LogP contribution in [0, 0.1) is 0 Å². The van der Waals surface area contributed by atoms with Crippen LogP contribution in [0.15, 0.2) is 53.4 Å². The Bertz CT molecular complexity index is 891. The molecule has 0 fully saturated rings. The Morgan fingerprint density at radius 3 is 2.08 bits per heavy atom. The molecule has 0 spiro atoms. The van der Waals surface area contributed by atoms with E-state index in [0.29, 0.717) is 11.4 Å². The third-order valence-electron chi connectivity index (χ3n) is 3.69. The van der Waals surface area contributed by atoms with Gasteiger partial charge in [0.2, 0.25) is 11.8 Å². The number of amides is 2. The van der Waals surface area contributed by atoms with Gasteiger partial charge in [-0.3, -0.25) is 13.9 Å². The summed E-state index contributed by atoms with van der Waals surface area (Å²) in [6.07, 6.45) is 0.813. The summed E-state index contributed by atoms with van der Waals surface area (Å²) in [4.78, 5) is 22.5. The van der Waals surface area contributed by atoms with Gasteiger partial charge >= 0.3 is 0 Å². The number of aryl methyl sites for hydroxylation is 1. The molecule has 0 aliphatic rings. The van der Waals surface area contributed by atoms with E-state index in [1.807, 2.05) is 6.92 Å². The van der Waals surface area contributed by atoms with Crippen molar-refractivity contribution in [2.45, 2.75) is 25.2 Å². The molecule has 7 nitrogen and oxygen atoms in total. The first-order valence-electron chi connectivity index (χ1n) is 8.01. The van der Waals surface area contributed by atoms with E-state index >= 15 is 0 Å². The maximum Gasteiger partial charge on any atom is 0.264 e. The molecule has 2 aromatic carbocycles. The number of primary amides is 1. The van der Waals surface area contributed by atoms with Gasteiger partial charge in [0, 0.05) is 12.6 Å². The van der Waals surface area contributed by atoms with E-state index in [0.717, 1.165) is 16.3 Å². The summed E-state index contributed by atoms with van der Waals surface area (Å²) < 4.78 is 26.9. The summed E-state index contributed by atoms with van der Waals surface area (Å²) in [5.41, 5.74) is 7.12. The topological polar surface area (TPSA) is 110 Å². The second kappa shape index (κ2) is 8.01. The summed E-state index contributed by atoms with van der Waals surface area (Å²) in [7, 11) is -3.99. The van der Waals surface area contributed by atoms with E-state index < -0.39 is 22.5 Å². The van der Waals surface area contributed by atoms with Crippen molar-refractivity contribution in [1.82, 2.24) is 0 Å². The van der Waals surface area contributed by atoms with Gasteiger partial charge in [-0.05, 0) is 48.4 Å². The molecule has 3 N–H and O–H groups in total. The molecule has 0 aliphatic heterocycles. The molecule has 2 amide bonds. The first-order chi connectivity index (χ1) is 12.2. The Labute approximate surface area is 152 Å². The number of sulfonamides is 1. The number of nitrogens with two attached hydrogens (primary N) is 1. The lowest BCUT2D eigenvalue weighted by Gasteiger charge is -2.23. The molecule has 0 radical (unpaired) electrons. The Morgan fingerprint density at radius 2 is 1.62 bits per heavy atom. The zero-order valence-electron chi connectivity index (χ0n) is 14.6. The summed E-state index contributed by atoms with van der Waals surface area (Å²) in [5, 5.41) is 2.57. The highest BCUT2D eigenvalue weighted by Crippen LogP contribution is 2.25. The molecule has 0 bridgehead atoms. The maximum atomic E-state index is 13.0. The maximum absolute atomic E-state index is 13.0. The second-order valence-electron chi connectivity index (χ2n) is 5.70. The SMILES string of the molecule is CCc1ccc(N(CC(N)=O)S(=O)(=O)c2ccc(NC(C)=O)cc2)cc1. The number of benzene rings is 2. The lowest BCUT2D eigenvalue weighted by molar-refractivity contribution is -0.116. The van der Waals surface area contributed by atoms with E-state index in [-0.39, 0.29) is 10.8 Å². The monoisotopic (exact) mass is 375 g/mol. The fourth-order valence-electron chi connectivity index (χ4n) is 2.40. The normalized spacial score (nSPS) is 11.0. The van der Waals surface area contributed by atoms with Crippen molar-refractivity contribution in [3.63, 3.8) is 0 Å². The van der Waals surface area contributed by atoms with Gasteiger partial charge in [-0.15, -0.1) is 0 Å². The number of nitrogens with one attached hydrogen (secondary N) is 1. The minimum atomic E-state index is -3.99. The van der Waals surface area contributed by atoms with Crippen LogP contribution >= 0.6 is 0 Å². The van der Waals surface area contributed by atoms with Crippen LogP contribution in [0.1, 0.15) is 19.4 Å². The number of rotatable bonds is 7.